The van der Waals surface area contributed by atoms with E-state index < -0.39 is 0 Å². The van der Waals surface area contributed by atoms with Crippen molar-refractivity contribution in [2.24, 2.45) is 0 Å². The van der Waals surface area contributed by atoms with Gasteiger partial charge in [-0.25, -0.2) is 0 Å². The van der Waals surface area contributed by atoms with Gasteiger partial charge in [-0.15, -0.1) is 0 Å². The highest BCUT2D eigenvalue weighted by Gasteiger charge is 2.55. The number of methoxy groups -OCH3 is 1. The van der Waals surface area contributed by atoms with Crippen LogP contribution in [0.15, 0.2) is 12.1 Å². The predicted octanol–water partition coefficient (Wildman–Crippen LogP) is 2.44. The molecule has 4 aliphatic rings. The van der Waals surface area contributed by atoms with Gasteiger partial charge in [0.1, 0.15) is 0 Å². The molecule has 3 heterocycles. The van der Waals surface area contributed by atoms with Crippen molar-refractivity contribution < 1.29 is 14.2 Å². The van der Waals surface area contributed by atoms with Crippen molar-refractivity contribution in [3.63, 3.8) is 0 Å². The van der Waals surface area contributed by atoms with Crippen LogP contribution in [0.3, 0.4) is 0 Å². The van der Waals surface area contributed by atoms with Crippen molar-refractivity contribution >= 4 is 0 Å². The molecule has 2 bridgehead atoms. The maximum atomic E-state index is 5.65. The second kappa shape index (κ2) is 4.14. The van der Waals surface area contributed by atoms with Crippen molar-refractivity contribution in [2.75, 3.05) is 20.4 Å². The van der Waals surface area contributed by atoms with Crippen LogP contribution in [0.5, 0.6) is 11.5 Å². The summed E-state index contributed by atoms with van der Waals surface area (Å²) in [5, 5.41) is 0. The van der Waals surface area contributed by atoms with Gasteiger partial charge in [0, 0.05) is 25.1 Å². The Labute approximate surface area is 125 Å². The maximum absolute atomic E-state index is 5.65. The smallest absolute Gasteiger partial charge is 0.231 e. The Bertz CT molecular complexity index is 602. The molecule has 1 aliphatic carbocycles. The lowest BCUT2D eigenvalue weighted by Gasteiger charge is -2.48. The molecule has 1 saturated heterocycles. The zero-order valence-corrected chi connectivity index (χ0v) is 12.4. The second-order valence-corrected chi connectivity index (χ2v) is 6.89. The van der Waals surface area contributed by atoms with Gasteiger partial charge >= 0.3 is 0 Å². The van der Waals surface area contributed by atoms with E-state index in [1.807, 2.05) is 7.11 Å². The van der Waals surface area contributed by atoms with Crippen molar-refractivity contribution in [1.29, 1.82) is 0 Å². The first kappa shape index (κ1) is 12.3. The van der Waals surface area contributed by atoms with E-state index in [-0.39, 0.29) is 0 Å². The fourth-order valence-electron chi connectivity index (χ4n) is 5.12. The zero-order chi connectivity index (χ0) is 14.0. The maximum Gasteiger partial charge on any atom is 0.231 e. The molecule has 0 radical (unpaired) electrons. The van der Waals surface area contributed by atoms with Gasteiger partial charge in [-0.3, -0.25) is 4.90 Å². The van der Waals surface area contributed by atoms with E-state index in [1.165, 1.54) is 43.4 Å². The van der Waals surface area contributed by atoms with E-state index in [1.54, 1.807) is 0 Å². The van der Waals surface area contributed by atoms with Gasteiger partial charge in [0.15, 0.2) is 11.5 Å². The molecule has 3 aliphatic heterocycles. The lowest BCUT2D eigenvalue weighted by atomic mass is 9.63. The molecule has 1 aromatic carbocycles. The molecule has 0 spiro atoms. The molecule has 1 aromatic rings. The highest BCUT2D eigenvalue weighted by Crippen LogP contribution is 2.55. The van der Waals surface area contributed by atoms with Crippen LogP contribution in [-0.2, 0) is 16.7 Å². The summed E-state index contributed by atoms with van der Waals surface area (Å²) >= 11 is 0. The number of fused-ring (bicyclic) bond motifs is 2. The van der Waals surface area contributed by atoms with Crippen molar-refractivity contribution in [3.8, 4) is 11.5 Å². The molecule has 4 heteroatoms. The number of hydrogen-bond acceptors (Lipinski definition) is 4. The first-order valence-electron chi connectivity index (χ1n) is 8.00. The van der Waals surface area contributed by atoms with E-state index in [2.05, 4.69) is 17.0 Å². The van der Waals surface area contributed by atoms with Crippen LogP contribution < -0.4 is 9.47 Å². The third-order valence-corrected chi connectivity index (χ3v) is 6.16. The lowest BCUT2D eigenvalue weighted by molar-refractivity contribution is 0.00927. The molecular formula is C17H21NO3. The van der Waals surface area contributed by atoms with Crippen LogP contribution in [0.4, 0.5) is 0 Å². The van der Waals surface area contributed by atoms with E-state index in [0.29, 0.717) is 24.4 Å². The fraction of sp³-hybridized carbons (Fsp3) is 0.647. The van der Waals surface area contributed by atoms with Gasteiger partial charge in [0.2, 0.25) is 6.79 Å². The van der Waals surface area contributed by atoms with Crippen LogP contribution in [-0.4, -0.2) is 37.5 Å². The average molecular weight is 287 g/mol. The van der Waals surface area contributed by atoms with E-state index >= 15 is 0 Å². The predicted molar refractivity (Wildman–Crippen MR) is 77.7 cm³/mol. The average Bonchev–Trinajstić information content (AvgIpc) is 3.07. The van der Waals surface area contributed by atoms with Crippen LogP contribution in [0, 0.1) is 0 Å². The van der Waals surface area contributed by atoms with Gasteiger partial charge in [-0.2, -0.15) is 0 Å². The van der Waals surface area contributed by atoms with Gasteiger partial charge < -0.3 is 14.2 Å². The Balaban J connectivity index is 1.63. The molecule has 21 heavy (non-hydrogen) atoms. The summed E-state index contributed by atoms with van der Waals surface area (Å²) in [6.07, 6.45) is 5.29. The van der Waals surface area contributed by atoms with Crippen molar-refractivity contribution in [3.05, 3.63) is 23.3 Å². The molecular weight excluding hydrogens is 266 g/mol. The van der Waals surface area contributed by atoms with Crippen LogP contribution in [0.25, 0.3) is 0 Å². The monoisotopic (exact) mass is 287 g/mol. The summed E-state index contributed by atoms with van der Waals surface area (Å²) in [6, 6.07) is 5.14. The quantitative estimate of drug-likeness (QED) is 0.794. The fourth-order valence-corrected chi connectivity index (χ4v) is 5.12. The first-order valence-corrected chi connectivity index (χ1v) is 8.00. The molecule has 5 rings (SSSR count). The Kier molecular flexibility index (Phi) is 2.43. The number of benzene rings is 1. The van der Waals surface area contributed by atoms with E-state index in [0.717, 1.165) is 18.0 Å². The molecule has 0 amide bonds. The molecule has 1 unspecified atom stereocenters. The minimum absolute atomic E-state index is 0.323. The molecule has 2 fully saturated rings. The normalized spacial score (nSPS) is 39.0. The van der Waals surface area contributed by atoms with Crippen LogP contribution >= 0.6 is 0 Å². The Morgan fingerprint density at radius 1 is 1.24 bits per heavy atom. The topological polar surface area (TPSA) is 30.9 Å². The third kappa shape index (κ3) is 1.52. The van der Waals surface area contributed by atoms with Crippen molar-refractivity contribution in [1.82, 2.24) is 4.90 Å². The van der Waals surface area contributed by atoms with Crippen LogP contribution in [0.1, 0.15) is 36.8 Å². The minimum Gasteiger partial charge on any atom is -0.454 e. The summed E-state index contributed by atoms with van der Waals surface area (Å²) in [6.45, 7) is 2.63. The first-order chi connectivity index (χ1) is 10.3. The largest absolute Gasteiger partial charge is 0.454 e. The minimum atomic E-state index is 0.323. The van der Waals surface area contributed by atoms with Gasteiger partial charge in [-0.1, -0.05) is 0 Å². The lowest BCUT2D eigenvalue weighted by Crippen LogP contribution is -2.51. The molecule has 0 aromatic heterocycles. The number of nitrogens with zero attached hydrogens (tertiary/aromatic N) is 1. The van der Waals surface area contributed by atoms with Gasteiger partial charge in [0.05, 0.1) is 6.10 Å². The Hall–Kier alpha value is -1.26. The number of rotatable bonds is 1. The molecule has 0 N–H and O–H groups in total. The molecule has 1 saturated carbocycles. The zero-order valence-electron chi connectivity index (χ0n) is 12.4. The highest BCUT2D eigenvalue weighted by molar-refractivity contribution is 5.53. The molecule has 4 nitrogen and oxygen atoms in total. The Morgan fingerprint density at radius 3 is 2.95 bits per heavy atom. The number of ether oxygens (including phenoxy) is 3. The summed E-state index contributed by atoms with van der Waals surface area (Å²) < 4.78 is 16.8. The summed E-state index contributed by atoms with van der Waals surface area (Å²) in [7, 11) is 1.86. The summed E-state index contributed by atoms with van der Waals surface area (Å²) in [5.41, 5.74) is 3.30. The van der Waals surface area contributed by atoms with E-state index in [4.69, 9.17) is 14.2 Å². The van der Waals surface area contributed by atoms with Gasteiger partial charge in [-0.05, 0) is 55.5 Å². The SMILES string of the molecule is CO[C@H]1CC[C@@]23CCN(Cc4cc5c(cc42)OCO5)[C@@H]3C1. The molecule has 4 atom stereocenters. The van der Waals surface area contributed by atoms with E-state index in [9.17, 15) is 0 Å². The second-order valence-electron chi connectivity index (χ2n) is 6.89. The standard InChI is InChI=1S/C17H21NO3/c1-19-12-2-3-17-4-5-18(16(17)7-12)9-11-6-14-15(8-13(11)17)21-10-20-14/h6,8,12,16H,2-5,7,9-10H2,1H3/t12-,16+,17+/m0/s1. The molecule has 112 valence electrons. The van der Waals surface area contributed by atoms with Crippen molar-refractivity contribution in [2.45, 2.75) is 49.8 Å². The Morgan fingerprint density at radius 2 is 2.10 bits per heavy atom. The summed E-state index contributed by atoms with van der Waals surface area (Å²) in [5.74, 6) is 1.87. The third-order valence-electron chi connectivity index (χ3n) is 6.16. The van der Waals surface area contributed by atoms with Crippen LogP contribution in [0.2, 0.25) is 0 Å². The summed E-state index contributed by atoms with van der Waals surface area (Å²) in [4.78, 5) is 2.66. The highest BCUT2D eigenvalue weighted by atomic mass is 16.7. The van der Waals surface area contributed by atoms with Gasteiger partial charge in [0.25, 0.3) is 0 Å². The number of hydrogen-bond donors (Lipinski definition) is 0.